The van der Waals surface area contributed by atoms with Crippen molar-refractivity contribution >= 4 is 0 Å². The molecule has 2 aliphatic carbocycles. The normalized spacial score (nSPS) is 37.9. The second-order valence-corrected chi connectivity index (χ2v) is 7.22. The van der Waals surface area contributed by atoms with Crippen LogP contribution < -0.4 is 5.32 Å². The Morgan fingerprint density at radius 2 is 1.71 bits per heavy atom. The van der Waals surface area contributed by atoms with E-state index >= 15 is 0 Å². The lowest BCUT2D eigenvalue weighted by Crippen LogP contribution is -2.46. The van der Waals surface area contributed by atoms with Gasteiger partial charge in [-0.05, 0) is 43.1 Å². The van der Waals surface area contributed by atoms with Crippen molar-refractivity contribution in [3.63, 3.8) is 0 Å². The number of rotatable bonds is 3. The molecule has 0 aromatic heterocycles. The van der Waals surface area contributed by atoms with Gasteiger partial charge in [-0.15, -0.1) is 0 Å². The molecule has 100 valence electrons. The smallest absolute Gasteiger partial charge is 0.0118 e. The maximum absolute atomic E-state index is 3.91. The number of hydrogen-bond acceptors (Lipinski definition) is 1. The van der Waals surface area contributed by atoms with Gasteiger partial charge < -0.3 is 5.32 Å². The van der Waals surface area contributed by atoms with Gasteiger partial charge in [-0.2, -0.15) is 0 Å². The fourth-order valence-electron chi connectivity index (χ4n) is 3.86. The second-order valence-electron chi connectivity index (χ2n) is 7.22. The van der Waals surface area contributed by atoms with E-state index in [0.29, 0.717) is 5.41 Å². The van der Waals surface area contributed by atoms with E-state index in [-0.39, 0.29) is 0 Å². The molecule has 1 heteroatoms. The Morgan fingerprint density at radius 1 is 1.00 bits per heavy atom. The molecule has 0 radical (unpaired) electrons. The lowest BCUT2D eigenvalue weighted by Gasteiger charge is -2.41. The Labute approximate surface area is 108 Å². The Bertz CT molecular complexity index is 234. The number of hydrogen-bond donors (Lipinski definition) is 1. The van der Waals surface area contributed by atoms with Gasteiger partial charge in [0.25, 0.3) is 0 Å². The molecule has 0 aliphatic heterocycles. The van der Waals surface area contributed by atoms with Crippen molar-refractivity contribution in [1.29, 1.82) is 0 Å². The van der Waals surface area contributed by atoms with Gasteiger partial charge in [0.2, 0.25) is 0 Å². The molecular formula is C16H31N. The molecule has 3 unspecified atom stereocenters. The summed E-state index contributed by atoms with van der Waals surface area (Å²) in [5, 5.41) is 3.91. The van der Waals surface area contributed by atoms with E-state index in [1.807, 2.05) is 0 Å². The predicted molar refractivity (Wildman–Crippen MR) is 75.2 cm³/mol. The third-order valence-electron chi connectivity index (χ3n) is 5.42. The summed E-state index contributed by atoms with van der Waals surface area (Å²) in [6, 6.07) is 0.769. The Kier molecular flexibility index (Phi) is 4.52. The SMILES string of the molecule is CC1CCCCC1CNC1CCCCC1(C)C. The minimum Gasteiger partial charge on any atom is -0.313 e. The van der Waals surface area contributed by atoms with Crippen LogP contribution in [0, 0.1) is 17.3 Å². The van der Waals surface area contributed by atoms with Crippen LogP contribution in [0.25, 0.3) is 0 Å². The van der Waals surface area contributed by atoms with Crippen LogP contribution >= 0.6 is 0 Å². The highest BCUT2D eigenvalue weighted by Gasteiger charge is 2.32. The molecule has 2 fully saturated rings. The first kappa shape index (κ1) is 13.4. The molecule has 0 saturated heterocycles. The standard InChI is InChI=1S/C16H31N/c1-13-8-4-5-9-14(13)12-17-15-10-6-7-11-16(15,2)3/h13-15,17H,4-12H2,1-3H3. The van der Waals surface area contributed by atoms with Crippen LogP contribution in [0.15, 0.2) is 0 Å². The van der Waals surface area contributed by atoms with Crippen molar-refractivity contribution in [3.8, 4) is 0 Å². The summed E-state index contributed by atoms with van der Waals surface area (Å²) in [7, 11) is 0. The average Bonchev–Trinajstić information content (AvgIpc) is 2.29. The number of nitrogens with one attached hydrogen (secondary N) is 1. The molecule has 0 spiro atoms. The maximum atomic E-state index is 3.91. The Morgan fingerprint density at radius 3 is 2.41 bits per heavy atom. The zero-order valence-corrected chi connectivity index (χ0v) is 12.1. The molecule has 0 aromatic rings. The van der Waals surface area contributed by atoms with Gasteiger partial charge in [0.15, 0.2) is 0 Å². The minimum atomic E-state index is 0.524. The molecule has 0 aromatic carbocycles. The minimum absolute atomic E-state index is 0.524. The topological polar surface area (TPSA) is 12.0 Å². The monoisotopic (exact) mass is 237 g/mol. The zero-order valence-electron chi connectivity index (χ0n) is 12.1. The molecule has 0 bridgehead atoms. The van der Waals surface area contributed by atoms with Gasteiger partial charge in [0.05, 0.1) is 0 Å². The molecular weight excluding hydrogens is 206 g/mol. The van der Waals surface area contributed by atoms with Gasteiger partial charge in [-0.25, -0.2) is 0 Å². The van der Waals surface area contributed by atoms with E-state index in [0.717, 1.165) is 17.9 Å². The second kappa shape index (κ2) is 5.73. The van der Waals surface area contributed by atoms with Crippen LogP contribution in [0.4, 0.5) is 0 Å². The van der Waals surface area contributed by atoms with Crippen molar-refractivity contribution in [1.82, 2.24) is 5.32 Å². The van der Waals surface area contributed by atoms with Gasteiger partial charge in [-0.1, -0.05) is 52.9 Å². The summed E-state index contributed by atoms with van der Waals surface area (Å²) in [4.78, 5) is 0. The highest BCUT2D eigenvalue weighted by atomic mass is 14.9. The maximum Gasteiger partial charge on any atom is 0.0118 e. The average molecular weight is 237 g/mol. The fourth-order valence-corrected chi connectivity index (χ4v) is 3.86. The largest absolute Gasteiger partial charge is 0.313 e. The first-order valence-electron chi connectivity index (χ1n) is 7.83. The van der Waals surface area contributed by atoms with Gasteiger partial charge >= 0.3 is 0 Å². The summed E-state index contributed by atoms with van der Waals surface area (Å²) >= 11 is 0. The fraction of sp³-hybridized carbons (Fsp3) is 1.00. The van der Waals surface area contributed by atoms with Gasteiger partial charge in [0, 0.05) is 6.04 Å². The Balaban J connectivity index is 1.80. The summed E-state index contributed by atoms with van der Waals surface area (Å²) in [5.74, 6) is 1.89. The third kappa shape index (κ3) is 3.47. The third-order valence-corrected chi connectivity index (χ3v) is 5.42. The molecule has 1 nitrogen and oxygen atoms in total. The summed E-state index contributed by atoms with van der Waals surface area (Å²) < 4.78 is 0. The van der Waals surface area contributed by atoms with E-state index < -0.39 is 0 Å². The Hall–Kier alpha value is -0.0400. The van der Waals surface area contributed by atoms with Crippen molar-refractivity contribution in [2.24, 2.45) is 17.3 Å². The molecule has 2 saturated carbocycles. The lowest BCUT2D eigenvalue weighted by molar-refractivity contribution is 0.148. The molecule has 2 aliphatic rings. The summed E-state index contributed by atoms with van der Waals surface area (Å²) in [6.45, 7) is 8.63. The van der Waals surface area contributed by atoms with E-state index in [2.05, 4.69) is 26.1 Å². The van der Waals surface area contributed by atoms with Gasteiger partial charge in [-0.3, -0.25) is 0 Å². The van der Waals surface area contributed by atoms with Crippen molar-refractivity contribution in [2.45, 2.75) is 78.2 Å². The molecule has 17 heavy (non-hydrogen) atoms. The predicted octanol–water partition coefficient (Wildman–Crippen LogP) is 4.37. The van der Waals surface area contributed by atoms with E-state index in [1.165, 1.54) is 57.9 Å². The lowest BCUT2D eigenvalue weighted by atomic mass is 9.72. The van der Waals surface area contributed by atoms with Crippen LogP contribution in [0.1, 0.15) is 72.1 Å². The van der Waals surface area contributed by atoms with Crippen molar-refractivity contribution in [3.05, 3.63) is 0 Å². The van der Waals surface area contributed by atoms with E-state index in [9.17, 15) is 0 Å². The molecule has 2 rings (SSSR count). The van der Waals surface area contributed by atoms with Crippen LogP contribution in [0.5, 0.6) is 0 Å². The van der Waals surface area contributed by atoms with Gasteiger partial charge in [0.1, 0.15) is 0 Å². The summed E-state index contributed by atoms with van der Waals surface area (Å²) in [5.41, 5.74) is 0.524. The summed E-state index contributed by atoms with van der Waals surface area (Å²) in [6.07, 6.45) is 11.5. The highest BCUT2D eigenvalue weighted by molar-refractivity contribution is 4.88. The van der Waals surface area contributed by atoms with Crippen molar-refractivity contribution < 1.29 is 0 Å². The van der Waals surface area contributed by atoms with E-state index in [1.54, 1.807) is 0 Å². The van der Waals surface area contributed by atoms with Crippen LogP contribution in [0.2, 0.25) is 0 Å². The van der Waals surface area contributed by atoms with Crippen LogP contribution in [0.3, 0.4) is 0 Å². The zero-order chi connectivity index (χ0) is 12.3. The molecule has 1 N–H and O–H groups in total. The highest BCUT2D eigenvalue weighted by Crippen LogP contribution is 2.36. The van der Waals surface area contributed by atoms with Crippen molar-refractivity contribution in [2.75, 3.05) is 6.54 Å². The molecule has 0 heterocycles. The quantitative estimate of drug-likeness (QED) is 0.768. The van der Waals surface area contributed by atoms with Crippen LogP contribution in [-0.4, -0.2) is 12.6 Å². The first-order chi connectivity index (χ1) is 8.09. The first-order valence-corrected chi connectivity index (χ1v) is 7.83. The van der Waals surface area contributed by atoms with E-state index in [4.69, 9.17) is 0 Å². The molecule has 3 atom stereocenters. The molecule has 0 amide bonds. The van der Waals surface area contributed by atoms with Crippen LogP contribution in [-0.2, 0) is 0 Å².